The quantitative estimate of drug-likeness (QED) is 0.199. The van der Waals surface area contributed by atoms with Crippen molar-refractivity contribution in [1.29, 1.82) is 0 Å². The van der Waals surface area contributed by atoms with E-state index in [0.717, 1.165) is 24.0 Å². The van der Waals surface area contributed by atoms with Crippen LogP contribution in [0.3, 0.4) is 0 Å². The molecule has 2 amide bonds. The van der Waals surface area contributed by atoms with E-state index in [1.165, 1.54) is 11.8 Å². The van der Waals surface area contributed by atoms with E-state index in [2.05, 4.69) is 12.2 Å². The Morgan fingerprint density at radius 2 is 1.42 bits per heavy atom. The number of nitrogens with zero attached hydrogens (tertiary/aromatic N) is 1. The topological polar surface area (TPSA) is 49.4 Å². The van der Waals surface area contributed by atoms with Crippen molar-refractivity contribution >= 4 is 70.0 Å². The summed E-state index contributed by atoms with van der Waals surface area (Å²) in [7, 11) is 0. The molecule has 38 heavy (non-hydrogen) atoms. The molecule has 0 spiro atoms. The second kappa shape index (κ2) is 15.6. The molecule has 9 heteroatoms. The van der Waals surface area contributed by atoms with E-state index in [1.807, 2.05) is 30.3 Å². The van der Waals surface area contributed by atoms with Crippen LogP contribution in [0.15, 0.2) is 66.7 Å². The van der Waals surface area contributed by atoms with Gasteiger partial charge in [-0.1, -0.05) is 102 Å². The average molecular weight is 612 g/mol. The highest BCUT2D eigenvalue weighted by molar-refractivity contribution is 7.99. The van der Waals surface area contributed by atoms with Crippen molar-refractivity contribution in [2.24, 2.45) is 0 Å². The van der Waals surface area contributed by atoms with Gasteiger partial charge in [-0.3, -0.25) is 9.59 Å². The van der Waals surface area contributed by atoms with Crippen molar-refractivity contribution in [3.63, 3.8) is 0 Å². The standard InChI is InChI=1S/C29H30Cl4N2O2S/c1-2-3-15-34-29(37)27(16-20-9-5-4-6-10-20)35(17-21-23(30)11-7-12-24(21)31)28(36)19-38-18-22-25(32)13-8-14-26(22)33/h4-14,27H,2-3,15-19H2,1H3,(H,34,37)/t27-/m0/s1. The van der Waals surface area contributed by atoms with E-state index in [0.29, 0.717) is 44.4 Å². The molecule has 0 aliphatic rings. The molecule has 0 saturated carbocycles. The number of thioether (sulfide) groups is 1. The van der Waals surface area contributed by atoms with E-state index >= 15 is 0 Å². The number of unbranched alkanes of at least 4 members (excludes halogenated alkanes) is 1. The minimum atomic E-state index is -0.751. The van der Waals surface area contributed by atoms with Crippen molar-refractivity contribution in [3.05, 3.63) is 104 Å². The van der Waals surface area contributed by atoms with Gasteiger partial charge in [-0.25, -0.2) is 0 Å². The smallest absolute Gasteiger partial charge is 0.243 e. The van der Waals surface area contributed by atoms with Gasteiger partial charge in [-0.2, -0.15) is 0 Å². The molecule has 0 radical (unpaired) electrons. The Bertz CT molecular complexity index is 1190. The minimum Gasteiger partial charge on any atom is -0.354 e. The lowest BCUT2D eigenvalue weighted by molar-refractivity contribution is -0.139. The van der Waals surface area contributed by atoms with Crippen LogP contribution in [0.25, 0.3) is 0 Å². The van der Waals surface area contributed by atoms with Crippen LogP contribution in [-0.2, 0) is 28.3 Å². The lowest BCUT2D eigenvalue weighted by Crippen LogP contribution is -2.51. The van der Waals surface area contributed by atoms with Crippen LogP contribution >= 0.6 is 58.2 Å². The molecule has 0 heterocycles. The monoisotopic (exact) mass is 610 g/mol. The summed E-state index contributed by atoms with van der Waals surface area (Å²) < 4.78 is 0. The summed E-state index contributed by atoms with van der Waals surface area (Å²) in [5.74, 6) is 0.160. The number of halogens is 4. The zero-order valence-corrected chi connectivity index (χ0v) is 24.9. The lowest BCUT2D eigenvalue weighted by atomic mass is 10.0. The molecule has 0 saturated heterocycles. The number of nitrogens with one attached hydrogen (secondary N) is 1. The van der Waals surface area contributed by atoms with E-state index < -0.39 is 6.04 Å². The predicted octanol–water partition coefficient (Wildman–Crippen LogP) is 8.09. The maximum atomic E-state index is 13.8. The van der Waals surface area contributed by atoms with Crippen LogP contribution < -0.4 is 5.32 Å². The van der Waals surface area contributed by atoms with E-state index in [-0.39, 0.29) is 24.1 Å². The number of rotatable bonds is 13. The second-order valence-electron chi connectivity index (χ2n) is 8.76. The molecular weight excluding hydrogens is 582 g/mol. The third kappa shape index (κ3) is 8.82. The number of hydrogen-bond donors (Lipinski definition) is 1. The molecule has 0 unspecified atom stereocenters. The fourth-order valence-electron chi connectivity index (χ4n) is 3.91. The highest BCUT2D eigenvalue weighted by Crippen LogP contribution is 2.30. The summed E-state index contributed by atoms with van der Waals surface area (Å²) in [5.41, 5.74) is 2.32. The maximum absolute atomic E-state index is 13.8. The summed E-state index contributed by atoms with van der Waals surface area (Å²) >= 11 is 27.0. The summed E-state index contributed by atoms with van der Waals surface area (Å²) in [6.07, 6.45) is 2.15. The Kier molecular flexibility index (Phi) is 12.6. The van der Waals surface area contributed by atoms with Crippen molar-refractivity contribution < 1.29 is 9.59 Å². The lowest BCUT2D eigenvalue weighted by Gasteiger charge is -2.32. The first-order valence-corrected chi connectivity index (χ1v) is 15.0. The summed E-state index contributed by atoms with van der Waals surface area (Å²) in [6, 6.07) is 19.4. The average Bonchev–Trinajstić information content (AvgIpc) is 2.90. The maximum Gasteiger partial charge on any atom is 0.243 e. The van der Waals surface area contributed by atoms with Gasteiger partial charge < -0.3 is 10.2 Å². The highest BCUT2D eigenvalue weighted by Gasteiger charge is 2.31. The normalized spacial score (nSPS) is 11.7. The molecule has 0 fully saturated rings. The molecule has 0 aromatic heterocycles. The third-order valence-electron chi connectivity index (χ3n) is 6.02. The molecular formula is C29H30Cl4N2O2S. The predicted molar refractivity (Wildman–Crippen MR) is 161 cm³/mol. The van der Waals surface area contributed by atoms with Crippen molar-refractivity contribution in [1.82, 2.24) is 10.2 Å². The van der Waals surface area contributed by atoms with Crippen molar-refractivity contribution in [2.75, 3.05) is 12.3 Å². The summed E-state index contributed by atoms with van der Waals surface area (Å²) in [5, 5.41) is 4.99. The Morgan fingerprint density at radius 3 is 2.00 bits per heavy atom. The van der Waals surface area contributed by atoms with E-state index in [4.69, 9.17) is 46.4 Å². The van der Waals surface area contributed by atoms with Gasteiger partial charge in [0.25, 0.3) is 0 Å². The molecule has 0 aliphatic heterocycles. The Labute approximate surface area is 249 Å². The number of amides is 2. The van der Waals surface area contributed by atoms with Crippen LogP contribution in [0, 0.1) is 0 Å². The first-order valence-electron chi connectivity index (χ1n) is 12.4. The minimum absolute atomic E-state index is 0.101. The van der Waals surface area contributed by atoms with Crippen LogP contribution in [0.5, 0.6) is 0 Å². The van der Waals surface area contributed by atoms with Crippen LogP contribution in [0.4, 0.5) is 0 Å². The summed E-state index contributed by atoms with van der Waals surface area (Å²) in [6.45, 7) is 2.70. The van der Waals surface area contributed by atoms with Crippen molar-refractivity contribution in [3.8, 4) is 0 Å². The van der Waals surface area contributed by atoms with Gasteiger partial charge in [-0.15, -0.1) is 11.8 Å². The zero-order chi connectivity index (χ0) is 27.5. The van der Waals surface area contributed by atoms with Gasteiger partial charge in [0.1, 0.15) is 6.04 Å². The molecule has 1 N–H and O–H groups in total. The SMILES string of the molecule is CCCCNC(=O)[C@H](Cc1ccccc1)N(Cc1c(Cl)cccc1Cl)C(=O)CSCc1c(Cl)cccc1Cl. The molecule has 202 valence electrons. The van der Waals surface area contributed by atoms with Crippen LogP contribution in [-0.4, -0.2) is 35.1 Å². The number of carbonyl (C=O) groups is 2. The fourth-order valence-corrected chi connectivity index (χ4v) is 6.07. The Balaban J connectivity index is 1.90. The van der Waals surface area contributed by atoms with Gasteiger partial charge in [0.2, 0.25) is 11.8 Å². The first kappa shape index (κ1) is 30.6. The molecule has 3 aromatic rings. The largest absolute Gasteiger partial charge is 0.354 e. The number of hydrogen-bond acceptors (Lipinski definition) is 3. The summed E-state index contributed by atoms with van der Waals surface area (Å²) in [4.78, 5) is 28.9. The molecule has 3 rings (SSSR count). The molecule has 3 aromatic carbocycles. The number of carbonyl (C=O) groups excluding carboxylic acids is 2. The Morgan fingerprint density at radius 1 is 0.842 bits per heavy atom. The molecule has 0 aliphatic carbocycles. The van der Waals surface area contributed by atoms with Crippen molar-refractivity contribution in [2.45, 2.75) is 44.5 Å². The fraction of sp³-hybridized carbons (Fsp3) is 0.310. The van der Waals surface area contributed by atoms with Crippen LogP contribution in [0.1, 0.15) is 36.5 Å². The van der Waals surface area contributed by atoms with E-state index in [1.54, 1.807) is 41.3 Å². The molecule has 1 atom stereocenters. The van der Waals surface area contributed by atoms with Gasteiger partial charge >= 0.3 is 0 Å². The number of benzene rings is 3. The van der Waals surface area contributed by atoms with Gasteiger partial charge in [-0.05, 0) is 41.8 Å². The second-order valence-corrected chi connectivity index (χ2v) is 11.4. The zero-order valence-electron chi connectivity index (χ0n) is 21.1. The Hall–Kier alpha value is -1.89. The van der Waals surface area contributed by atoms with E-state index in [9.17, 15) is 9.59 Å². The van der Waals surface area contributed by atoms with Gasteiger partial charge in [0, 0.05) is 50.9 Å². The van der Waals surface area contributed by atoms with Crippen LogP contribution in [0.2, 0.25) is 20.1 Å². The first-order chi connectivity index (χ1) is 18.3. The molecule has 4 nitrogen and oxygen atoms in total. The molecule has 0 bridgehead atoms. The highest BCUT2D eigenvalue weighted by atomic mass is 35.5. The van der Waals surface area contributed by atoms with Gasteiger partial charge in [0.15, 0.2) is 0 Å². The van der Waals surface area contributed by atoms with Gasteiger partial charge in [0.05, 0.1) is 5.75 Å². The third-order valence-corrected chi connectivity index (χ3v) is 8.38.